The van der Waals surface area contributed by atoms with Gasteiger partial charge in [0, 0.05) is 12.4 Å². The number of hydrogen-bond donors (Lipinski definition) is 0. The highest BCUT2D eigenvalue weighted by molar-refractivity contribution is 5.79. The average molecular weight is 137 g/mol. The molecule has 0 bridgehead atoms. The minimum absolute atomic E-state index is 0.118. The van der Waals surface area contributed by atoms with Crippen LogP contribution in [0.4, 0.5) is 0 Å². The number of rotatable bonds is 2. The van der Waals surface area contributed by atoms with Crippen molar-refractivity contribution in [3.8, 4) is 0 Å². The van der Waals surface area contributed by atoms with Crippen molar-refractivity contribution in [1.82, 2.24) is 0 Å². The van der Waals surface area contributed by atoms with Crippen LogP contribution in [-0.4, -0.2) is 6.21 Å². The fourth-order valence-corrected chi connectivity index (χ4v) is 0.336. The molecule has 0 rings (SSSR count). The Bertz CT molecular complexity index is 158. The summed E-state index contributed by atoms with van der Waals surface area (Å²) in [6.45, 7) is 13.6. The third-order valence-corrected chi connectivity index (χ3v) is 1.30. The Hall–Kier alpha value is -0.850. The van der Waals surface area contributed by atoms with E-state index in [1.807, 2.05) is 0 Å². The minimum Gasteiger partial charge on any atom is -0.265 e. The number of allylic oxidation sites excluding steroid dienone is 1. The van der Waals surface area contributed by atoms with Crippen molar-refractivity contribution >= 4 is 6.21 Å². The monoisotopic (exact) mass is 137 g/mol. The summed E-state index contributed by atoms with van der Waals surface area (Å²) in [5.41, 5.74) is 1.14. The molecular formula is C9H15N. The maximum Gasteiger partial charge on any atom is 0.0299 e. The van der Waals surface area contributed by atoms with Gasteiger partial charge in [-0.15, -0.1) is 0 Å². The normalized spacial score (nSPS) is 11.9. The first kappa shape index (κ1) is 9.15. The van der Waals surface area contributed by atoms with Crippen molar-refractivity contribution in [2.45, 2.75) is 20.8 Å². The molecule has 0 N–H and O–H groups in total. The van der Waals surface area contributed by atoms with Gasteiger partial charge in [0.25, 0.3) is 0 Å². The molecule has 0 aromatic rings. The van der Waals surface area contributed by atoms with E-state index in [9.17, 15) is 0 Å². The van der Waals surface area contributed by atoms with Crippen LogP contribution in [0.3, 0.4) is 0 Å². The Labute approximate surface area is 63.2 Å². The summed E-state index contributed by atoms with van der Waals surface area (Å²) in [6, 6.07) is 0. The van der Waals surface area contributed by atoms with Crippen molar-refractivity contribution in [3.63, 3.8) is 0 Å². The predicted molar refractivity (Wildman–Crippen MR) is 47.3 cm³/mol. The second kappa shape index (κ2) is 3.35. The number of aliphatic imine (C=N–C) groups is 1. The first-order valence-corrected chi connectivity index (χ1v) is 3.32. The van der Waals surface area contributed by atoms with Crippen LogP contribution < -0.4 is 0 Å². The van der Waals surface area contributed by atoms with E-state index in [1.165, 1.54) is 6.20 Å². The van der Waals surface area contributed by atoms with Gasteiger partial charge in [-0.1, -0.05) is 33.9 Å². The first-order valence-electron chi connectivity index (χ1n) is 3.32. The van der Waals surface area contributed by atoms with Gasteiger partial charge in [0.2, 0.25) is 0 Å². The van der Waals surface area contributed by atoms with E-state index in [2.05, 4.69) is 38.9 Å². The molecule has 0 aliphatic heterocycles. The summed E-state index contributed by atoms with van der Waals surface area (Å²) in [6.07, 6.45) is 3.25. The second-order valence-electron chi connectivity index (χ2n) is 3.24. The van der Waals surface area contributed by atoms with Crippen LogP contribution >= 0.6 is 0 Å². The van der Waals surface area contributed by atoms with E-state index >= 15 is 0 Å². The second-order valence-corrected chi connectivity index (χ2v) is 3.24. The fraction of sp³-hybridized carbons (Fsp3) is 0.444. The lowest BCUT2D eigenvalue weighted by Gasteiger charge is -2.17. The Kier molecular flexibility index (Phi) is 3.07. The third-order valence-electron chi connectivity index (χ3n) is 1.30. The van der Waals surface area contributed by atoms with Crippen LogP contribution in [0.25, 0.3) is 0 Å². The lowest BCUT2D eigenvalue weighted by atomic mass is 9.88. The Balaban J connectivity index is 4.11. The third kappa shape index (κ3) is 3.23. The molecule has 0 fully saturated rings. The van der Waals surface area contributed by atoms with E-state index in [0.29, 0.717) is 0 Å². The zero-order valence-electron chi connectivity index (χ0n) is 7.02. The predicted octanol–water partition coefficient (Wildman–Crippen LogP) is 2.80. The van der Waals surface area contributed by atoms with Crippen molar-refractivity contribution in [3.05, 3.63) is 24.9 Å². The SMILES string of the molecule is C=CN=CC(=C)C(C)(C)C. The van der Waals surface area contributed by atoms with Gasteiger partial charge >= 0.3 is 0 Å². The van der Waals surface area contributed by atoms with Crippen LogP contribution in [-0.2, 0) is 0 Å². The van der Waals surface area contributed by atoms with Crippen LogP contribution in [0.15, 0.2) is 29.9 Å². The zero-order valence-corrected chi connectivity index (χ0v) is 7.02. The fourth-order valence-electron chi connectivity index (χ4n) is 0.336. The Morgan fingerprint density at radius 2 is 1.90 bits per heavy atom. The summed E-state index contributed by atoms with van der Waals surface area (Å²) < 4.78 is 0. The molecule has 0 saturated carbocycles. The molecule has 0 aliphatic carbocycles. The lowest BCUT2D eigenvalue weighted by Crippen LogP contribution is -2.08. The molecule has 0 aromatic carbocycles. The zero-order chi connectivity index (χ0) is 8.20. The summed E-state index contributed by atoms with van der Waals surface area (Å²) in [7, 11) is 0. The van der Waals surface area contributed by atoms with Crippen LogP contribution in [0.1, 0.15) is 20.8 Å². The van der Waals surface area contributed by atoms with E-state index in [1.54, 1.807) is 6.21 Å². The number of nitrogens with zero attached hydrogens (tertiary/aromatic N) is 1. The highest BCUT2D eigenvalue weighted by Gasteiger charge is 2.11. The van der Waals surface area contributed by atoms with Gasteiger partial charge in [-0.2, -0.15) is 0 Å². The van der Waals surface area contributed by atoms with Crippen LogP contribution in [0.5, 0.6) is 0 Å². The molecule has 0 saturated heterocycles. The van der Waals surface area contributed by atoms with Crippen LogP contribution in [0.2, 0.25) is 0 Å². The molecule has 10 heavy (non-hydrogen) atoms. The van der Waals surface area contributed by atoms with Crippen molar-refractivity contribution < 1.29 is 0 Å². The molecule has 0 amide bonds. The molecule has 0 aromatic heterocycles. The van der Waals surface area contributed by atoms with Gasteiger partial charge in [0.1, 0.15) is 0 Å². The molecule has 0 heterocycles. The molecule has 0 radical (unpaired) electrons. The molecule has 56 valence electrons. The van der Waals surface area contributed by atoms with Crippen molar-refractivity contribution in [2.24, 2.45) is 10.4 Å². The molecular weight excluding hydrogens is 122 g/mol. The van der Waals surface area contributed by atoms with Gasteiger partial charge in [0.15, 0.2) is 0 Å². The summed E-state index contributed by atoms with van der Waals surface area (Å²) in [5.74, 6) is 0. The maximum absolute atomic E-state index is 3.88. The lowest BCUT2D eigenvalue weighted by molar-refractivity contribution is 0.528. The van der Waals surface area contributed by atoms with Gasteiger partial charge in [-0.25, -0.2) is 0 Å². The van der Waals surface area contributed by atoms with Crippen molar-refractivity contribution in [1.29, 1.82) is 0 Å². The summed E-state index contributed by atoms with van der Waals surface area (Å²) in [4.78, 5) is 3.88. The van der Waals surface area contributed by atoms with E-state index in [0.717, 1.165) is 5.57 Å². The Morgan fingerprint density at radius 3 is 2.20 bits per heavy atom. The van der Waals surface area contributed by atoms with E-state index in [-0.39, 0.29) is 5.41 Å². The largest absolute Gasteiger partial charge is 0.265 e. The first-order chi connectivity index (χ1) is 4.48. The number of hydrogen-bond acceptors (Lipinski definition) is 1. The maximum atomic E-state index is 3.88. The van der Waals surface area contributed by atoms with Gasteiger partial charge in [-0.3, -0.25) is 4.99 Å². The van der Waals surface area contributed by atoms with E-state index in [4.69, 9.17) is 0 Å². The van der Waals surface area contributed by atoms with Gasteiger partial charge < -0.3 is 0 Å². The molecule has 1 nitrogen and oxygen atoms in total. The molecule has 0 aliphatic rings. The van der Waals surface area contributed by atoms with Crippen molar-refractivity contribution in [2.75, 3.05) is 0 Å². The highest BCUT2D eigenvalue weighted by atomic mass is 14.7. The quantitative estimate of drug-likeness (QED) is 0.519. The van der Waals surface area contributed by atoms with Crippen LogP contribution in [0, 0.1) is 5.41 Å². The molecule has 0 spiro atoms. The summed E-state index contributed by atoms with van der Waals surface area (Å²) >= 11 is 0. The van der Waals surface area contributed by atoms with Gasteiger partial charge in [0.05, 0.1) is 0 Å². The molecule has 0 atom stereocenters. The average Bonchev–Trinajstić information content (AvgIpc) is 1.80. The molecule has 1 heteroatoms. The minimum atomic E-state index is 0.118. The summed E-state index contributed by atoms with van der Waals surface area (Å²) in [5, 5.41) is 0. The Morgan fingerprint density at radius 1 is 1.40 bits per heavy atom. The standard InChI is InChI=1S/C9H15N/c1-6-10-7-8(2)9(3,4)5/h6-7H,1-2H2,3-5H3. The topological polar surface area (TPSA) is 12.4 Å². The smallest absolute Gasteiger partial charge is 0.0299 e. The van der Waals surface area contributed by atoms with Gasteiger partial charge in [-0.05, 0) is 11.0 Å². The molecule has 0 unspecified atom stereocenters. The van der Waals surface area contributed by atoms with E-state index < -0.39 is 0 Å². The highest BCUT2D eigenvalue weighted by Crippen LogP contribution is 2.21.